The number of rotatable bonds is 13. The maximum atomic E-state index is 7.23. The molecule has 0 saturated carbocycles. The molecule has 0 bridgehead atoms. The molecule has 4 aromatic carbocycles. The molecule has 0 fully saturated rings. The van der Waals surface area contributed by atoms with E-state index in [0.717, 1.165) is 42.7 Å². The van der Waals surface area contributed by atoms with Crippen molar-refractivity contribution in [2.24, 2.45) is 0 Å². The number of methoxy groups -OCH3 is 1. The Morgan fingerprint density at radius 3 is 2.02 bits per heavy atom. The fraction of sp³-hybridized carbons (Fsp3) is 0.300. The largest absolute Gasteiger partial charge is 0.534 e. The first-order valence-electron chi connectivity index (χ1n) is 15.5. The van der Waals surface area contributed by atoms with E-state index in [2.05, 4.69) is 131 Å². The number of benzene rings is 4. The van der Waals surface area contributed by atoms with Gasteiger partial charge in [0.25, 0.3) is 0 Å². The second-order valence-corrected chi connectivity index (χ2v) is 16.4. The zero-order valence-corrected chi connectivity index (χ0v) is 27.9. The molecule has 0 aromatic heterocycles. The molecule has 0 spiro atoms. The van der Waals surface area contributed by atoms with Crippen LogP contribution in [0.15, 0.2) is 121 Å². The Kier molecular flexibility index (Phi) is 12.1. The maximum absolute atomic E-state index is 7.23. The van der Waals surface area contributed by atoms with Crippen LogP contribution in [0.4, 0.5) is 0 Å². The van der Waals surface area contributed by atoms with Gasteiger partial charge in [-0.2, -0.15) is 0 Å². The van der Waals surface area contributed by atoms with Crippen molar-refractivity contribution in [2.75, 3.05) is 13.7 Å². The molecule has 0 N–H and O–H groups in total. The molecule has 3 nitrogen and oxygen atoms in total. The number of hydrogen-bond donors (Lipinski definition) is 0. The highest BCUT2D eigenvalue weighted by atomic mass is 28.4. The summed E-state index contributed by atoms with van der Waals surface area (Å²) in [5.41, 5.74) is 3.78. The van der Waals surface area contributed by atoms with Gasteiger partial charge in [-0.1, -0.05) is 123 Å². The minimum atomic E-state index is -2.65. The molecule has 0 aliphatic heterocycles. The summed E-state index contributed by atoms with van der Waals surface area (Å²) in [6.07, 6.45) is 6.13. The Hall–Kier alpha value is -4.04. The lowest BCUT2D eigenvalue weighted by molar-refractivity contribution is 0.153. The lowest BCUT2D eigenvalue weighted by Gasteiger charge is -2.43. The number of ether oxygens (including phenoxy) is 2. The third-order valence-corrected chi connectivity index (χ3v) is 12.8. The van der Waals surface area contributed by atoms with Gasteiger partial charge < -0.3 is 13.9 Å². The van der Waals surface area contributed by atoms with Gasteiger partial charge in [0, 0.05) is 6.42 Å². The summed E-state index contributed by atoms with van der Waals surface area (Å²) in [5.74, 6) is 8.19. The lowest BCUT2D eigenvalue weighted by atomic mass is 10.1. The zero-order chi connectivity index (χ0) is 31.3. The Labute approximate surface area is 266 Å². The molecule has 0 heterocycles. The quantitative estimate of drug-likeness (QED) is 0.0665. The number of hydrogen-bond acceptors (Lipinski definition) is 3. The van der Waals surface area contributed by atoms with Crippen molar-refractivity contribution < 1.29 is 13.9 Å². The first-order valence-corrected chi connectivity index (χ1v) is 17.4. The van der Waals surface area contributed by atoms with Crippen molar-refractivity contribution in [1.29, 1.82) is 0 Å². The average molecular weight is 603 g/mol. The van der Waals surface area contributed by atoms with Crippen molar-refractivity contribution in [3.05, 3.63) is 132 Å². The summed E-state index contributed by atoms with van der Waals surface area (Å²) < 4.78 is 18.1. The van der Waals surface area contributed by atoms with E-state index in [1.54, 1.807) is 7.11 Å². The third-order valence-electron chi connectivity index (χ3n) is 7.88. The van der Waals surface area contributed by atoms with Gasteiger partial charge in [-0.25, -0.2) is 0 Å². The van der Waals surface area contributed by atoms with Crippen molar-refractivity contribution in [3.8, 4) is 23.3 Å². The van der Waals surface area contributed by atoms with Gasteiger partial charge in [0.15, 0.2) is 0 Å². The average Bonchev–Trinajstić information content (AvgIpc) is 3.04. The minimum Gasteiger partial charge on any atom is -0.534 e. The SMILES string of the molecule is COc1ccc(COCC#CCC/C(C)=C/CCc2cccc(O[Si](c3ccccc3)(c3ccccc3)C(C)(C)C)c2)cc1. The third kappa shape index (κ3) is 8.99. The molecule has 0 unspecified atom stereocenters. The molecular formula is C40H46O3Si. The molecule has 0 radical (unpaired) electrons. The van der Waals surface area contributed by atoms with Gasteiger partial charge in [0.1, 0.15) is 18.1 Å². The van der Waals surface area contributed by atoms with Crippen LogP contribution in [-0.2, 0) is 17.8 Å². The summed E-state index contributed by atoms with van der Waals surface area (Å²) in [6.45, 7) is 10.1. The summed E-state index contributed by atoms with van der Waals surface area (Å²) in [5, 5.41) is 2.50. The molecule has 4 rings (SSSR count). The van der Waals surface area contributed by atoms with Crippen LogP contribution in [0.3, 0.4) is 0 Å². The fourth-order valence-corrected chi connectivity index (χ4v) is 9.93. The second kappa shape index (κ2) is 16.1. The highest BCUT2D eigenvalue weighted by Crippen LogP contribution is 2.37. The minimum absolute atomic E-state index is 0.0723. The first-order chi connectivity index (χ1) is 21.3. The van der Waals surface area contributed by atoms with E-state index < -0.39 is 8.32 Å². The molecule has 0 saturated heterocycles. The normalized spacial score (nSPS) is 11.9. The number of allylic oxidation sites excluding steroid dienone is 2. The van der Waals surface area contributed by atoms with E-state index in [1.807, 2.05) is 24.3 Å². The Bertz CT molecular complexity index is 1490. The first kappa shape index (κ1) is 32.9. The topological polar surface area (TPSA) is 27.7 Å². The van der Waals surface area contributed by atoms with E-state index in [9.17, 15) is 0 Å². The maximum Gasteiger partial charge on any atom is 0.319 e. The number of aryl methyl sites for hydroxylation is 1. The van der Waals surface area contributed by atoms with Crippen LogP contribution in [0.1, 0.15) is 58.1 Å². The van der Waals surface area contributed by atoms with Crippen LogP contribution in [0.2, 0.25) is 5.04 Å². The zero-order valence-electron chi connectivity index (χ0n) is 26.9. The molecule has 4 aromatic rings. The van der Waals surface area contributed by atoms with Gasteiger partial charge in [-0.15, -0.1) is 5.92 Å². The monoisotopic (exact) mass is 602 g/mol. The molecule has 228 valence electrons. The van der Waals surface area contributed by atoms with Crippen molar-refractivity contribution in [3.63, 3.8) is 0 Å². The molecule has 0 atom stereocenters. The predicted molar refractivity (Wildman–Crippen MR) is 186 cm³/mol. The summed E-state index contributed by atoms with van der Waals surface area (Å²) >= 11 is 0. The highest BCUT2D eigenvalue weighted by Gasteiger charge is 2.52. The molecule has 44 heavy (non-hydrogen) atoms. The van der Waals surface area contributed by atoms with Crippen LogP contribution in [0, 0.1) is 11.8 Å². The van der Waals surface area contributed by atoms with Crippen LogP contribution >= 0.6 is 0 Å². The fourth-order valence-electron chi connectivity index (χ4n) is 5.52. The van der Waals surface area contributed by atoms with Crippen LogP contribution in [-0.4, -0.2) is 22.0 Å². The molecule has 4 heteroatoms. The van der Waals surface area contributed by atoms with Crippen LogP contribution in [0.25, 0.3) is 0 Å². The summed E-state index contributed by atoms with van der Waals surface area (Å²) in [7, 11) is -0.978. The van der Waals surface area contributed by atoms with E-state index in [4.69, 9.17) is 13.9 Å². The van der Waals surface area contributed by atoms with Crippen LogP contribution in [0.5, 0.6) is 11.5 Å². The lowest BCUT2D eigenvalue weighted by Crippen LogP contribution is -2.68. The van der Waals surface area contributed by atoms with Gasteiger partial charge in [-0.05, 0) is 77.0 Å². The Morgan fingerprint density at radius 1 is 0.750 bits per heavy atom. The Balaban J connectivity index is 1.32. The van der Waals surface area contributed by atoms with E-state index in [-0.39, 0.29) is 5.04 Å². The van der Waals surface area contributed by atoms with E-state index in [0.29, 0.717) is 13.2 Å². The van der Waals surface area contributed by atoms with E-state index >= 15 is 0 Å². The smallest absolute Gasteiger partial charge is 0.319 e. The molecule has 0 amide bonds. The van der Waals surface area contributed by atoms with Gasteiger partial charge in [0.05, 0.1) is 13.7 Å². The second-order valence-electron chi connectivity index (χ2n) is 12.2. The van der Waals surface area contributed by atoms with Gasteiger partial charge >= 0.3 is 8.32 Å². The molecule has 0 aliphatic carbocycles. The predicted octanol–water partition coefficient (Wildman–Crippen LogP) is 8.51. The molecular weight excluding hydrogens is 557 g/mol. The highest BCUT2D eigenvalue weighted by molar-refractivity contribution is 7.00. The summed E-state index contributed by atoms with van der Waals surface area (Å²) in [6, 6.07) is 38.2. The van der Waals surface area contributed by atoms with Crippen molar-refractivity contribution in [1.82, 2.24) is 0 Å². The van der Waals surface area contributed by atoms with Gasteiger partial charge in [0.2, 0.25) is 0 Å². The summed E-state index contributed by atoms with van der Waals surface area (Å²) in [4.78, 5) is 0. The standard InChI is InChI=1S/C40H46O3Si/c1-33(17-9-8-14-30-42-32-35-26-28-36(41-5)29-27-35)18-15-19-34-20-16-21-37(31-34)43-44(40(2,3)4,38-22-10-6-11-23-38)39-24-12-7-13-25-39/h6-7,10-13,16,18,20-29,31H,9,15,17,19,30,32H2,1-5H3/b33-18+. The van der Waals surface area contributed by atoms with Gasteiger partial charge in [-0.3, -0.25) is 0 Å². The van der Waals surface area contributed by atoms with Crippen molar-refractivity contribution >= 4 is 18.7 Å². The van der Waals surface area contributed by atoms with E-state index in [1.165, 1.54) is 21.5 Å². The molecule has 0 aliphatic rings. The van der Waals surface area contributed by atoms with Crippen LogP contribution < -0.4 is 19.5 Å². The van der Waals surface area contributed by atoms with Crippen molar-refractivity contribution in [2.45, 2.75) is 65.0 Å². The Morgan fingerprint density at radius 2 is 1.41 bits per heavy atom.